The van der Waals surface area contributed by atoms with Gasteiger partial charge in [-0.25, -0.2) is 13.2 Å². The van der Waals surface area contributed by atoms with E-state index in [-0.39, 0.29) is 24.4 Å². The van der Waals surface area contributed by atoms with Gasteiger partial charge in [-0.15, -0.1) is 0 Å². The molecule has 0 fully saturated rings. The van der Waals surface area contributed by atoms with E-state index in [1.807, 2.05) is 30.3 Å². The van der Waals surface area contributed by atoms with Gasteiger partial charge in [0.25, 0.3) is 5.91 Å². The molecule has 0 heterocycles. The van der Waals surface area contributed by atoms with Gasteiger partial charge < -0.3 is 24.3 Å². The number of sulfonamides is 1. The lowest BCUT2D eigenvalue weighted by atomic mass is 10.1. The third kappa shape index (κ3) is 7.14. The van der Waals surface area contributed by atoms with E-state index in [9.17, 15) is 18.0 Å². The molecule has 1 amide bonds. The number of nitrogens with one attached hydrogen (secondary N) is 1. The molecule has 10 nitrogen and oxygen atoms in total. The lowest BCUT2D eigenvalue weighted by Crippen LogP contribution is -2.29. The predicted molar refractivity (Wildman–Crippen MR) is 139 cm³/mol. The molecule has 11 heteroatoms. The molecule has 196 valence electrons. The van der Waals surface area contributed by atoms with Crippen LogP contribution >= 0.6 is 0 Å². The summed E-state index contributed by atoms with van der Waals surface area (Å²) in [6.45, 7) is -0.190. The second-order valence-electron chi connectivity index (χ2n) is 7.83. The first-order valence-corrected chi connectivity index (χ1v) is 12.9. The normalized spacial score (nSPS) is 10.8. The molecule has 0 aliphatic heterocycles. The third-order valence-electron chi connectivity index (χ3n) is 5.27. The topological polar surface area (TPSA) is 120 Å². The zero-order valence-electron chi connectivity index (χ0n) is 20.9. The van der Waals surface area contributed by atoms with Crippen molar-refractivity contribution in [2.24, 2.45) is 0 Å². The maximum atomic E-state index is 12.6. The van der Waals surface area contributed by atoms with Crippen LogP contribution in [0.4, 0.5) is 11.4 Å². The second kappa shape index (κ2) is 12.1. The Bertz CT molecular complexity index is 1340. The number of carbonyl (C=O) groups is 2. The fourth-order valence-electron chi connectivity index (χ4n) is 3.45. The highest BCUT2D eigenvalue weighted by Crippen LogP contribution is 2.34. The smallest absolute Gasteiger partial charge is 0.340 e. The number of benzene rings is 3. The van der Waals surface area contributed by atoms with Gasteiger partial charge in [-0.1, -0.05) is 30.3 Å². The first-order valence-electron chi connectivity index (χ1n) is 11.0. The van der Waals surface area contributed by atoms with Crippen molar-refractivity contribution in [1.82, 2.24) is 0 Å². The zero-order chi connectivity index (χ0) is 27.0. The minimum absolute atomic E-state index is 0.0807. The highest BCUT2D eigenvalue weighted by Gasteiger charge is 2.20. The van der Waals surface area contributed by atoms with Crippen molar-refractivity contribution in [3.05, 3.63) is 77.9 Å². The largest absolute Gasteiger partial charge is 0.493 e. The van der Waals surface area contributed by atoms with Crippen LogP contribution < -0.4 is 23.8 Å². The summed E-state index contributed by atoms with van der Waals surface area (Å²) in [5, 5.41) is 2.61. The van der Waals surface area contributed by atoms with Gasteiger partial charge in [0.1, 0.15) is 5.75 Å². The van der Waals surface area contributed by atoms with Crippen LogP contribution in [0.25, 0.3) is 0 Å². The number of amides is 1. The Hall–Kier alpha value is -4.25. The molecule has 3 aromatic carbocycles. The third-order valence-corrected chi connectivity index (χ3v) is 6.41. The summed E-state index contributed by atoms with van der Waals surface area (Å²) in [6, 6.07) is 18.4. The maximum absolute atomic E-state index is 12.6. The standard InChI is InChI=1S/C26H28N2O8S/c1-33-23-14-21(26(30)35-3)22(15-24(23)34-2)27-25(29)17-36-20-12-10-19(11-13-20)28(37(4,31)32)16-18-8-6-5-7-9-18/h5-15H,16-17H2,1-4H3,(H,27,29). The molecule has 1 N–H and O–H groups in total. The van der Waals surface area contributed by atoms with Crippen molar-refractivity contribution in [2.45, 2.75) is 6.54 Å². The van der Waals surface area contributed by atoms with E-state index in [4.69, 9.17) is 18.9 Å². The second-order valence-corrected chi connectivity index (χ2v) is 9.74. The van der Waals surface area contributed by atoms with E-state index in [2.05, 4.69) is 5.32 Å². The van der Waals surface area contributed by atoms with Crippen LogP contribution in [0.1, 0.15) is 15.9 Å². The number of ether oxygens (including phenoxy) is 4. The lowest BCUT2D eigenvalue weighted by molar-refractivity contribution is -0.118. The van der Waals surface area contributed by atoms with Crippen LogP contribution in [0.5, 0.6) is 17.2 Å². The Labute approximate surface area is 215 Å². The number of methoxy groups -OCH3 is 3. The molecule has 0 saturated carbocycles. The Morgan fingerprint density at radius 1 is 0.892 bits per heavy atom. The minimum Gasteiger partial charge on any atom is -0.493 e. The molecular formula is C26H28N2O8S. The summed E-state index contributed by atoms with van der Waals surface area (Å²) < 4.78 is 46.8. The maximum Gasteiger partial charge on any atom is 0.340 e. The number of nitrogens with zero attached hydrogens (tertiary/aromatic N) is 1. The van der Waals surface area contributed by atoms with E-state index in [0.717, 1.165) is 11.8 Å². The number of anilines is 2. The van der Waals surface area contributed by atoms with Crippen molar-refractivity contribution in [3.8, 4) is 17.2 Å². The summed E-state index contributed by atoms with van der Waals surface area (Å²) in [7, 11) is 0.535. The molecule has 0 radical (unpaired) electrons. The molecule has 0 spiro atoms. The summed E-state index contributed by atoms with van der Waals surface area (Å²) in [5.74, 6) is -0.241. The SMILES string of the molecule is COC(=O)c1cc(OC)c(OC)cc1NC(=O)COc1ccc(N(Cc2ccccc2)S(C)(=O)=O)cc1. The minimum atomic E-state index is -3.54. The van der Waals surface area contributed by atoms with Crippen molar-refractivity contribution < 1.29 is 37.0 Å². The lowest BCUT2D eigenvalue weighted by Gasteiger charge is -2.22. The fraction of sp³-hybridized carbons (Fsp3) is 0.231. The molecular weight excluding hydrogens is 500 g/mol. The van der Waals surface area contributed by atoms with Gasteiger partial charge in [0.05, 0.1) is 51.1 Å². The van der Waals surface area contributed by atoms with Crippen LogP contribution in [-0.4, -0.2) is 54.5 Å². The van der Waals surface area contributed by atoms with Gasteiger partial charge in [-0.2, -0.15) is 0 Å². The first-order chi connectivity index (χ1) is 17.7. The highest BCUT2D eigenvalue weighted by atomic mass is 32.2. The molecule has 3 aromatic rings. The first kappa shape index (κ1) is 27.3. The Kier molecular flexibility index (Phi) is 8.96. The molecule has 37 heavy (non-hydrogen) atoms. The van der Waals surface area contributed by atoms with E-state index >= 15 is 0 Å². The quantitative estimate of drug-likeness (QED) is 0.376. The van der Waals surface area contributed by atoms with Crippen LogP contribution in [-0.2, 0) is 26.1 Å². The monoisotopic (exact) mass is 528 g/mol. The van der Waals surface area contributed by atoms with Gasteiger partial charge in [0.2, 0.25) is 10.0 Å². The molecule has 0 aromatic heterocycles. The van der Waals surface area contributed by atoms with Crippen molar-refractivity contribution >= 4 is 33.3 Å². The van der Waals surface area contributed by atoms with Crippen LogP contribution in [0.3, 0.4) is 0 Å². The van der Waals surface area contributed by atoms with E-state index in [1.165, 1.54) is 37.8 Å². The molecule has 0 bridgehead atoms. The Morgan fingerprint density at radius 3 is 2.08 bits per heavy atom. The Balaban J connectivity index is 1.70. The van der Waals surface area contributed by atoms with Crippen LogP contribution in [0.15, 0.2) is 66.7 Å². The fourth-order valence-corrected chi connectivity index (χ4v) is 4.34. The highest BCUT2D eigenvalue weighted by molar-refractivity contribution is 7.92. The number of hydrogen-bond donors (Lipinski definition) is 1. The van der Waals surface area contributed by atoms with Crippen LogP contribution in [0.2, 0.25) is 0 Å². The number of rotatable bonds is 11. The van der Waals surface area contributed by atoms with Crippen molar-refractivity contribution in [3.63, 3.8) is 0 Å². The average molecular weight is 529 g/mol. The average Bonchev–Trinajstić information content (AvgIpc) is 2.90. The molecule has 0 unspecified atom stereocenters. The number of carbonyl (C=O) groups excluding carboxylic acids is 2. The van der Waals surface area contributed by atoms with Gasteiger partial charge >= 0.3 is 5.97 Å². The summed E-state index contributed by atoms with van der Waals surface area (Å²) in [4.78, 5) is 24.8. The summed E-state index contributed by atoms with van der Waals surface area (Å²) in [6.07, 6.45) is 1.14. The van der Waals surface area contributed by atoms with Gasteiger partial charge in [0.15, 0.2) is 18.1 Å². The van der Waals surface area contributed by atoms with Gasteiger partial charge in [-0.05, 0) is 29.8 Å². The summed E-state index contributed by atoms with van der Waals surface area (Å²) in [5.41, 5.74) is 1.54. The van der Waals surface area contributed by atoms with Gasteiger partial charge in [-0.3, -0.25) is 9.10 Å². The summed E-state index contributed by atoms with van der Waals surface area (Å²) >= 11 is 0. The molecule has 0 saturated heterocycles. The van der Waals surface area contributed by atoms with E-state index in [0.29, 0.717) is 22.9 Å². The zero-order valence-corrected chi connectivity index (χ0v) is 21.7. The van der Waals surface area contributed by atoms with E-state index in [1.54, 1.807) is 24.3 Å². The number of hydrogen-bond acceptors (Lipinski definition) is 8. The molecule has 0 aliphatic rings. The van der Waals surface area contributed by atoms with E-state index < -0.39 is 21.9 Å². The van der Waals surface area contributed by atoms with Crippen molar-refractivity contribution in [1.29, 1.82) is 0 Å². The van der Waals surface area contributed by atoms with Crippen molar-refractivity contribution in [2.75, 3.05) is 43.8 Å². The van der Waals surface area contributed by atoms with Crippen LogP contribution in [0, 0.1) is 0 Å². The number of esters is 1. The molecule has 0 atom stereocenters. The predicted octanol–water partition coefficient (Wildman–Crippen LogP) is 3.47. The van der Waals surface area contributed by atoms with Gasteiger partial charge in [0, 0.05) is 12.1 Å². The molecule has 3 rings (SSSR count). The molecule has 0 aliphatic carbocycles. The Morgan fingerprint density at radius 2 is 1.51 bits per heavy atom.